The highest BCUT2D eigenvalue weighted by Crippen LogP contribution is 2.36. The molecule has 2 saturated heterocycles. The molecule has 2 unspecified atom stereocenters. The molecule has 2 fully saturated rings. The van der Waals surface area contributed by atoms with Crippen LogP contribution < -0.4 is 10.9 Å². The van der Waals surface area contributed by atoms with E-state index in [4.69, 9.17) is 0 Å². The number of rotatable bonds is 4. The van der Waals surface area contributed by atoms with Gasteiger partial charge in [-0.1, -0.05) is 36.4 Å². The van der Waals surface area contributed by atoms with Gasteiger partial charge in [0.2, 0.25) is 0 Å². The Kier molecular flexibility index (Phi) is 5.81. The summed E-state index contributed by atoms with van der Waals surface area (Å²) in [6.07, 6.45) is -2.37. The third-order valence-corrected chi connectivity index (χ3v) is 6.19. The lowest BCUT2D eigenvalue weighted by molar-refractivity contribution is -0.137. The number of nitrogens with one attached hydrogen (secondary N) is 2. The van der Waals surface area contributed by atoms with Gasteiger partial charge in [0.1, 0.15) is 5.75 Å². The first-order chi connectivity index (χ1) is 13.9. The van der Waals surface area contributed by atoms with Crippen LogP contribution in [0.5, 0.6) is 5.75 Å². The van der Waals surface area contributed by atoms with Crippen molar-refractivity contribution in [1.29, 1.82) is 0 Å². The molecule has 2 heterocycles. The lowest BCUT2D eigenvalue weighted by Crippen LogP contribution is -2.44. The first-order valence-corrected chi connectivity index (χ1v) is 10.1. The minimum absolute atomic E-state index is 0.0204. The minimum Gasteiger partial charge on any atom is -0.508 e. The molecule has 0 aliphatic carbocycles. The summed E-state index contributed by atoms with van der Waals surface area (Å²) in [6.45, 7) is 3.16. The zero-order valence-corrected chi connectivity index (χ0v) is 16.1. The van der Waals surface area contributed by atoms with E-state index in [-0.39, 0.29) is 12.0 Å². The standard InChI is InChI=1S/C22H26F3N3O/c23-22(24,25)18-6-3-5-16(12-18)19-13-26-27-21(19)15-8-10-28(11-9-15)14-17-4-1-2-7-20(17)29/h1-7,12,15,19,21,26-27,29H,8-11,13-14H2. The number of aromatic hydroxyl groups is 1. The molecule has 0 spiro atoms. The summed E-state index contributed by atoms with van der Waals surface area (Å²) in [6, 6.07) is 13.2. The number of likely N-dealkylation sites (tertiary alicyclic amines) is 1. The predicted octanol–water partition coefficient (Wildman–Crippen LogP) is 3.88. The summed E-state index contributed by atoms with van der Waals surface area (Å²) >= 11 is 0. The largest absolute Gasteiger partial charge is 0.508 e. The van der Waals surface area contributed by atoms with Gasteiger partial charge in [0.25, 0.3) is 0 Å². The fourth-order valence-electron chi connectivity index (χ4n) is 4.59. The second-order valence-corrected chi connectivity index (χ2v) is 8.02. The van der Waals surface area contributed by atoms with E-state index in [1.54, 1.807) is 12.1 Å². The first-order valence-electron chi connectivity index (χ1n) is 10.1. The molecular weight excluding hydrogens is 379 g/mol. The Morgan fingerprint density at radius 3 is 2.52 bits per heavy atom. The lowest BCUT2D eigenvalue weighted by Gasteiger charge is -2.36. The van der Waals surface area contributed by atoms with Gasteiger partial charge in [-0.05, 0) is 49.5 Å². The Bertz CT molecular complexity index is 834. The molecule has 156 valence electrons. The van der Waals surface area contributed by atoms with Gasteiger partial charge in [-0.2, -0.15) is 13.2 Å². The fraction of sp³-hybridized carbons (Fsp3) is 0.455. The molecule has 0 radical (unpaired) electrons. The highest BCUT2D eigenvalue weighted by Gasteiger charge is 2.37. The van der Waals surface area contributed by atoms with Crippen molar-refractivity contribution in [3.05, 3.63) is 65.2 Å². The maximum absolute atomic E-state index is 13.1. The molecule has 0 amide bonds. The van der Waals surface area contributed by atoms with Gasteiger partial charge in [0.15, 0.2) is 0 Å². The molecule has 2 atom stereocenters. The maximum Gasteiger partial charge on any atom is 0.416 e. The summed E-state index contributed by atoms with van der Waals surface area (Å²) in [5, 5.41) is 9.98. The maximum atomic E-state index is 13.1. The number of hydrogen-bond acceptors (Lipinski definition) is 4. The Morgan fingerprint density at radius 2 is 1.79 bits per heavy atom. The average molecular weight is 405 g/mol. The van der Waals surface area contributed by atoms with Crippen molar-refractivity contribution < 1.29 is 18.3 Å². The summed E-state index contributed by atoms with van der Waals surface area (Å²) in [5.41, 5.74) is 7.55. The topological polar surface area (TPSA) is 47.5 Å². The van der Waals surface area contributed by atoms with E-state index in [9.17, 15) is 18.3 Å². The third-order valence-electron chi connectivity index (χ3n) is 6.19. The van der Waals surface area contributed by atoms with E-state index in [0.717, 1.165) is 43.1 Å². The molecule has 2 aromatic carbocycles. The van der Waals surface area contributed by atoms with Crippen LogP contribution in [-0.2, 0) is 12.7 Å². The number of hydrogen-bond donors (Lipinski definition) is 3. The van der Waals surface area contributed by atoms with Crippen LogP contribution in [0.3, 0.4) is 0 Å². The Morgan fingerprint density at radius 1 is 1.03 bits per heavy atom. The quantitative estimate of drug-likeness (QED) is 0.723. The van der Waals surface area contributed by atoms with Gasteiger partial charge in [0.05, 0.1) is 5.56 Å². The second-order valence-electron chi connectivity index (χ2n) is 8.02. The molecule has 3 N–H and O–H groups in total. The van der Waals surface area contributed by atoms with E-state index in [2.05, 4.69) is 15.8 Å². The van der Waals surface area contributed by atoms with Crippen LogP contribution in [0.4, 0.5) is 13.2 Å². The van der Waals surface area contributed by atoms with Crippen molar-refractivity contribution in [2.75, 3.05) is 19.6 Å². The number of halogens is 3. The van der Waals surface area contributed by atoms with Gasteiger partial charge in [0, 0.05) is 30.6 Å². The van der Waals surface area contributed by atoms with Gasteiger partial charge < -0.3 is 5.11 Å². The Hall–Kier alpha value is -2.09. The van der Waals surface area contributed by atoms with Crippen LogP contribution >= 0.6 is 0 Å². The van der Waals surface area contributed by atoms with Crippen LogP contribution in [0, 0.1) is 5.92 Å². The van der Waals surface area contributed by atoms with Crippen molar-refractivity contribution in [2.45, 2.75) is 37.5 Å². The summed E-state index contributed by atoms with van der Waals surface area (Å²) < 4.78 is 39.3. The SMILES string of the molecule is Oc1ccccc1CN1CCC(C2NNCC2c2cccc(C(F)(F)F)c2)CC1. The number of benzene rings is 2. The molecule has 4 rings (SSSR count). The Labute approximate surface area is 168 Å². The third kappa shape index (κ3) is 4.57. The van der Waals surface area contributed by atoms with Crippen LogP contribution in [0.15, 0.2) is 48.5 Å². The summed E-state index contributed by atoms with van der Waals surface area (Å²) in [4.78, 5) is 2.33. The number of alkyl halides is 3. The van der Waals surface area contributed by atoms with Crippen LogP contribution in [0.1, 0.15) is 35.4 Å². The highest BCUT2D eigenvalue weighted by atomic mass is 19.4. The van der Waals surface area contributed by atoms with Gasteiger partial charge in [-0.3, -0.25) is 15.8 Å². The normalized spacial score (nSPS) is 24.1. The van der Waals surface area contributed by atoms with E-state index >= 15 is 0 Å². The van der Waals surface area contributed by atoms with Gasteiger partial charge in [-0.25, -0.2) is 0 Å². The molecule has 0 aromatic heterocycles. The fourth-order valence-corrected chi connectivity index (χ4v) is 4.59. The number of phenolic OH excluding ortho intramolecular Hbond substituents is 1. The van der Waals surface area contributed by atoms with Gasteiger partial charge in [-0.15, -0.1) is 0 Å². The summed E-state index contributed by atoms with van der Waals surface area (Å²) in [5.74, 6) is 0.734. The monoisotopic (exact) mass is 405 g/mol. The molecule has 4 nitrogen and oxygen atoms in total. The van der Waals surface area contributed by atoms with E-state index < -0.39 is 11.7 Å². The first kappa shape index (κ1) is 20.2. The highest BCUT2D eigenvalue weighted by molar-refractivity contribution is 5.32. The zero-order valence-electron chi connectivity index (χ0n) is 16.1. The molecule has 29 heavy (non-hydrogen) atoms. The number of phenols is 1. The van der Waals surface area contributed by atoms with E-state index in [1.165, 1.54) is 12.1 Å². The van der Waals surface area contributed by atoms with Crippen LogP contribution in [0.2, 0.25) is 0 Å². The average Bonchev–Trinajstić information content (AvgIpc) is 3.20. The van der Waals surface area contributed by atoms with Crippen molar-refractivity contribution >= 4 is 0 Å². The van der Waals surface area contributed by atoms with Crippen molar-refractivity contribution in [3.63, 3.8) is 0 Å². The lowest BCUT2D eigenvalue weighted by atomic mass is 9.80. The molecule has 7 heteroatoms. The second kappa shape index (κ2) is 8.34. The zero-order chi connectivity index (χ0) is 20.4. The molecule has 2 aliphatic rings. The van der Waals surface area contributed by atoms with Crippen LogP contribution in [0.25, 0.3) is 0 Å². The van der Waals surface area contributed by atoms with Crippen molar-refractivity contribution in [2.24, 2.45) is 5.92 Å². The minimum atomic E-state index is -4.32. The number of para-hydroxylation sites is 1. The van der Waals surface area contributed by atoms with Crippen molar-refractivity contribution in [3.8, 4) is 5.75 Å². The van der Waals surface area contributed by atoms with Crippen LogP contribution in [-0.4, -0.2) is 35.7 Å². The molecule has 2 aromatic rings. The Balaban J connectivity index is 1.40. The smallest absolute Gasteiger partial charge is 0.416 e. The number of nitrogens with zero attached hydrogens (tertiary/aromatic N) is 1. The number of piperidine rings is 1. The van der Waals surface area contributed by atoms with Gasteiger partial charge >= 0.3 is 6.18 Å². The van der Waals surface area contributed by atoms with Crippen molar-refractivity contribution in [1.82, 2.24) is 15.8 Å². The van der Waals surface area contributed by atoms with E-state index in [0.29, 0.717) is 24.8 Å². The molecule has 2 aliphatic heterocycles. The molecule has 0 saturated carbocycles. The predicted molar refractivity (Wildman–Crippen MR) is 105 cm³/mol. The number of hydrazine groups is 1. The van der Waals surface area contributed by atoms with E-state index in [1.807, 2.05) is 18.2 Å². The summed E-state index contributed by atoms with van der Waals surface area (Å²) in [7, 11) is 0. The molecular formula is C22H26F3N3O. The molecule has 0 bridgehead atoms.